The van der Waals surface area contributed by atoms with E-state index in [-0.39, 0.29) is 6.09 Å². The van der Waals surface area contributed by atoms with Gasteiger partial charge >= 0.3 is 6.09 Å². The van der Waals surface area contributed by atoms with Crippen molar-refractivity contribution in [2.75, 3.05) is 19.7 Å². The van der Waals surface area contributed by atoms with E-state index in [1.165, 1.54) is 6.42 Å². The summed E-state index contributed by atoms with van der Waals surface area (Å²) in [6.45, 7) is 6.71. The standard InChI is InChI=1S/C12H23NO2/c1-11(2)7-6-10-15-12(14)13-8-4-3-5-9-13/h11H,3-10H2,1-2H3. The Kier molecular flexibility index (Phi) is 5.51. The summed E-state index contributed by atoms with van der Waals surface area (Å²) in [6, 6.07) is 0. The van der Waals surface area contributed by atoms with Crippen LogP contribution in [0.2, 0.25) is 0 Å². The van der Waals surface area contributed by atoms with Gasteiger partial charge in [0.05, 0.1) is 6.61 Å². The van der Waals surface area contributed by atoms with Crippen LogP contribution in [-0.4, -0.2) is 30.7 Å². The maximum Gasteiger partial charge on any atom is 0.409 e. The summed E-state index contributed by atoms with van der Waals surface area (Å²) in [6.07, 6.45) is 5.50. The first-order chi connectivity index (χ1) is 7.20. The van der Waals surface area contributed by atoms with E-state index in [4.69, 9.17) is 4.74 Å². The fourth-order valence-corrected chi connectivity index (χ4v) is 1.82. The fraction of sp³-hybridized carbons (Fsp3) is 0.917. The van der Waals surface area contributed by atoms with Crippen molar-refractivity contribution in [1.82, 2.24) is 4.90 Å². The molecule has 0 spiro atoms. The van der Waals surface area contributed by atoms with E-state index >= 15 is 0 Å². The summed E-state index contributed by atoms with van der Waals surface area (Å²) in [7, 11) is 0. The van der Waals surface area contributed by atoms with E-state index in [2.05, 4.69) is 13.8 Å². The molecule has 0 radical (unpaired) electrons. The Morgan fingerprint density at radius 2 is 1.93 bits per heavy atom. The largest absolute Gasteiger partial charge is 0.449 e. The second kappa shape index (κ2) is 6.70. The molecule has 1 heterocycles. The van der Waals surface area contributed by atoms with Gasteiger partial charge in [-0.15, -0.1) is 0 Å². The third-order valence-corrected chi connectivity index (χ3v) is 2.77. The molecule has 0 atom stereocenters. The number of piperidine rings is 1. The summed E-state index contributed by atoms with van der Waals surface area (Å²) in [5.41, 5.74) is 0. The van der Waals surface area contributed by atoms with E-state index in [0.717, 1.165) is 38.8 Å². The topological polar surface area (TPSA) is 29.5 Å². The molecular formula is C12H23NO2. The predicted molar refractivity (Wildman–Crippen MR) is 60.8 cm³/mol. The summed E-state index contributed by atoms with van der Waals surface area (Å²) in [5, 5.41) is 0. The first-order valence-electron chi connectivity index (χ1n) is 6.12. The summed E-state index contributed by atoms with van der Waals surface area (Å²) < 4.78 is 5.22. The average Bonchev–Trinajstić information content (AvgIpc) is 2.25. The quantitative estimate of drug-likeness (QED) is 0.672. The van der Waals surface area contributed by atoms with Gasteiger partial charge in [0.1, 0.15) is 0 Å². The molecule has 0 bridgehead atoms. The van der Waals surface area contributed by atoms with Gasteiger partial charge < -0.3 is 9.64 Å². The number of carbonyl (C=O) groups excluding carboxylic acids is 1. The minimum atomic E-state index is -0.113. The lowest BCUT2D eigenvalue weighted by Gasteiger charge is -2.25. The van der Waals surface area contributed by atoms with E-state index in [9.17, 15) is 4.79 Å². The molecule has 3 heteroatoms. The maximum absolute atomic E-state index is 11.5. The molecule has 1 amide bonds. The molecule has 1 saturated heterocycles. The van der Waals surface area contributed by atoms with Crippen molar-refractivity contribution in [3.05, 3.63) is 0 Å². The van der Waals surface area contributed by atoms with Gasteiger partial charge in [-0.05, 0) is 38.0 Å². The highest BCUT2D eigenvalue weighted by Gasteiger charge is 2.17. The Labute approximate surface area is 92.8 Å². The molecule has 88 valence electrons. The van der Waals surface area contributed by atoms with Gasteiger partial charge in [-0.2, -0.15) is 0 Å². The molecule has 1 aliphatic rings. The molecule has 0 unspecified atom stereocenters. The van der Waals surface area contributed by atoms with Gasteiger partial charge in [0, 0.05) is 13.1 Å². The lowest BCUT2D eigenvalue weighted by molar-refractivity contribution is 0.0929. The first-order valence-corrected chi connectivity index (χ1v) is 6.12. The van der Waals surface area contributed by atoms with Crippen molar-refractivity contribution in [2.45, 2.75) is 46.0 Å². The molecule has 0 aromatic rings. The average molecular weight is 213 g/mol. The zero-order valence-corrected chi connectivity index (χ0v) is 10.00. The third-order valence-electron chi connectivity index (χ3n) is 2.77. The van der Waals surface area contributed by atoms with Gasteiger partial charge in [0.2, 0.25) is 0 Å². The number of carbonyl (C=O) groups is 1. The van der Waals surface area contributed by atoms with Crippen LogP contribution in [0.3, 0.4) is 0 Å². The molecule has 0 aliphatic carbocycles. The Balaban J connectivity index is 2.07. The molecule has 3 nitrogen and oxygen atoms in total. The van der Waals surface area contributed by atoms with E-state index in [1.54, 1.807) is 0 Å². The highest BCUT2D eigenvalue weighted by Crippen LogP contribution is 2.10. The molecule has 0 saturated carbocycles. The monoisotopic (exact) mass is 213 g/mol. The van der Waals surface area contributed by atoms with Crippen molar-refractivity contribution in [3.8, 4) is 0 Å². The first kappa shape index (κ1) is 12.3. The summed E-state index contributed by atoms with van der Waals surface area (Å²) >= 11 is 0. The van der Waals surface area contributed by atoms with Crippen LogP contribution in [0.25, 0.3) is 0 Å². The number of likely N-dealkylation sites (tertiary alicyclic amines) is 1. The molecule has 15 heavy (non-hydrogen) atoms. The number of hydrogen-bond donors (Lipinski definition) is 0. The predicted octanol–water partition coefficient (Wildman–Crippen LogP) is 3.05. The Morgan fingerprint density at radius 3 is 2.53 bits per heavy atom. The minimum Gasteiger partial charge on any atom is -0.449 e. The lowest BCUT2D eigenvalue weighted by Crippen LogP contribution is -2.36. The highest BCUT2D eigenvalue weighted by molar-refractivity contribution is 5.67. The van der Waals surface area contributed by atoms with E-state index in [1.807, 2.05) is 4.90 Å². The van der Waals surface area contributed by atoms with Crippen molar-refractivity contribution >= 4 is 6.09 Å². The minimum absolute atomic E-state index is 0.113. The van der Waals surface area contributed by atoms with Gasteiger partial charge in [-0.25, -0.2) is 4.79 Å². The van der Waals surface area contributed by atoms with Gasteiger partial charge in [0.15, 0.2) is 0 Å². The second-order valence-electron chi connectivity index (χ2n) is 4.70. The molecule has 1 aliphatic heterocycles. The Morgan fingerprint density at radius 1 is 1.27 bits per heavy atom. The summed E-state index contributed by atoms with van der Waals surface area (Å²) in [4.78, 5) is 13.4. The number of rotatable bonds is 4. The molecule has 1 fully saturated rings. The normalized spacial score (nSPS) is 16.9. The van der Waals surface area contributed by atoms with E-state index < -0.39 is 0 Å². The SMILES string of the molecule is CC(C)CCCOC(=O)N1CCCCC1. The zero-order chi connectivity index (χ0) is 11.1. The van der Waals surface area contributed by atoms with Crippen molar-refractivity contribution in [2.24, 2.45) is 5.92 Å². The van der Waals surface area contributed by atoms with Crippen molar-refractivity contribution in [1.29, 1.82) is 0 Å². The molecule has 0 aromatic heterocycles. The van der Waals surface area contributed by atoms with Gasteiger partial charge in [-0.1, -0.05) is 13.8 Å². The highest BCUT2D eigenvalue weighted by atomic mass is 16.6. The molecular weight excluding hydrogens is 190 g/mol. The van der Waals surface area contributed by atoms with E-state index in [0.29, 0.717) is 12.5 Å². The van der Waals surface area contributed by atoms with Crippen LogP contribution < -0.4 is 0 Å². The van der Waals surface area contributed by atoms with Crippen molar-refractivity contribution in [3.63, 3.8) is 0 Å². The number of amides is 1. The zero-order valence-electron chi connectivity index (χ0n) is 10.00. The second-order valence-corrected chi connectivity index (χ2v) is 4.70. The van der Waals surface area contributed by atoms with Crippen molar-refractivity contribution < 1.29 is 9.53 Å². The van der Waals surface area contributed by atoms with Crippen LogP contribution in [0.5, 0.6) is 0 Å². The van der Waals surface area contributed by atoms with Crippen LogP contribution >= 0.6 is 0 Å². The Hall–Kier alpha value is -0.730. The number of hydrogen-bond acceptors (Lipinski definition) is 2. The lowest BCUT2D eigenvalue weighted by atomic mass is 10.1. The maximum atomic E-state index is 11.5. The smallest absolute Gasteiger partial charge is 0.409 e. The van der Waals surface area contributed by atoms with Crippen LogP contribution in [0.4, 0.5) is 4.79 Å². The van der Waals surface area contributed by atoms with Crippen LogP contribution in [0, 0.1) is 5.92 Å². The number of nitrogens with zero attached hydrogens (tertiary/aromatic N) is 1. The molecule has 0 N–H and O–H groups in total. The van der Waals surface area contributed by atoms with Gasteiger partial charge in [0.25, 0.3) is 0 Å². The van der Waals surface area contributed by atoms with Crippen LogP contribution in [0.15, 0.2) is 0 Å². The molecule has 0 aromatic carbocycles. The Bertz CT molecular complexity index is 186. The van der Waals surface area contributed by atoms with Gasteiger partial charge in [-0.3, -0.25) is 0 Å². The molecule has 1 rings (SSSR count). The van der Waals surface area contributed by atoms with Crippen LogP contribution in [0.1, 0.15) is 46.0 Å². The summed E-state index contributed by atoms with van der Waals surface area (Å²) in [5.74, 6) is 0.693. The van der Waals surface area contributed by atoms with Crippen LogP contribution in [-0.2, 0) is 4.74 Å². The number of ether oxygens (including phenoxy) is 1. The fourth-order valence-electron chi connectivity index (χ4n) is 1.82. The third kappa shape index (κ3) is 5.05.